The minimum Gasteiger partial charge on any atom is -0.465 e. The molecular weight excluding hydrogens is 330 g/mol. The maximum atomic E-state index is 12.7. The number of nitrogens with zero attached hydrogens (tertiary/aromatic N) is 1. The Balaban J connectivity index is 1.66. The standard InChI is InChI=1S/C17H21NO5S/c1-12-4-6-13(7-5-12)24(20,21)23-15-11-18-9-2-3-14(18)17(15)8-10-22-16(17)19/h4-7,14-15H,2-3,8-11H2,1H3/t14-,15-,17+/m0/s1. The maximum absolute atomic E-state index is 12.7. The molecule has 0 aliphatic carbocycles. The van der Waals surface area contributed by atoms with E-state index in [1.165, 1.54) is 0 Å². The van der Waals surface area contributed by atoms with Crippen molar-refractivity contribution in [2.45, 2.75) is 43.2 Å². The normalized spacial score (nSPS) is 33.1. The van der Waals surface area contributed by atoms with E-state index in [1.54, 1.807) is 24.3 Å². The van der Waals surface area contributed by atoms with Crippen LogP contribution in [0.4, 0.5) is 0 Å². The molecule has 130 valence electrons. The van der Waals surface area contributed by atoms with Crippen molar-refractivity contribution in [1.29, 1.82) is 0 Å². The minimum absolute atomic E-state index is 0.0331. The Labute approximate surface area is 141 Å². The van der Waals surface area contributed by atoms with Crippen LogP contribution in [0.15, 0.2) is 29.2 Å². The number of hydrogen-bond donors (Lipinski definition) is 0. The molecule has 3 fully saturated rings. The smallest absolute Gasteiger partial charge is 0.316 e. The zero-order chi connectivity index (χ0) is 16.9. The molecule has 3 atom stereocenters. The summed E-state index contributed by atoms with van der Waals surface area (Å²) in [5.41, 5.74) is 0.139. The van der Waals surface area contributed by atoms with Crippen LogP contribution in [0.1, 0.15) is 24.8 Å². The Morgan fingerprint density at radius 2 is 2.04 bits per heavy atom. The lowest BCUT2D eigenvalue weighted by atomic mass is 9.76. The van der Waals surface area contributed by atoms with Gasteiger partial charge in [0, 0.05) is 19.0 Å². The highest BCUT2D eigenvalue weighted by Crippen LogP contribution is 2.50. The summed E-state index contributed by atoms with van der Waals surface area (Å²) < 4.78 is 36.2. The fourth-order valence-electron chi connectivity index (χ4n) is 4.39. The van der Waals surface area contributed by atoms with Crippen molar-refractivity contribution in [2.24, 2.45) is 5.41 Å². The quantitative estimate of drug-likeness (QED) is 0.607. The lowest BCUT2D eigenvalue weighted by Crippen LogP contribution is -2.46. The summed E-state index contributed by atoms with van der Waals surface area (Å²) >= 11 is 0. The van der Waals surface area contributed by atoms with Crippen molar-refractivity contribution < 1.29 is 22.1 Å². The van der Waals surface area contributed by atoms with Gasteiger partial charge in [0.25, 0.3) is 10.1 Å². The van der Waals surface area contributed by atoms with E-state index < -0.39 is 21.6 Å². The summed E-state index contributed by atoms with van der Waals surface area (Å²) in [6.07, 6.45) is 1.77. The van der Waals surface area contributed by atoms with Gasteiger partial charge in [0.15, 0.2) is 0 Å². The van der Waals surface area contributed by atoms with Gasteiger partial charge in [-0.05, 0) is 38.4 Å². The van der Waals surface area contributed by atoms with E-state index in [2.05, 4.69) is 4.90 Å². The van der Waals surface area contributed by atoms with Gasteiger partial charge in [-0.3, -0.25) is 13.9 Å². The minimum atomic E-state index is -3.91. The fraction of sp³-hybridized carbons (Fsp3) is 0.588. The molecular formula is C17H21NO5S. The number of esters is 1. The van der Waals surface area contributed by atoms with Gasteiger partial charge in [-0.25, -0.2) is 0 Å². The lowest BCUT2D eigenvalue weighted by Gasteiger charge is -2.30. The molecule has 3 aliphatic rings. The van der Waals surface area contributed by atoms with Gasteiger partial charge in [-0.1, -0.05) is 17.7 Å². The number of rotatable bonds is 3. The van der Waals surface area contributed by atoms with Crippen molar-refractivity contribution in [3.63, 3.8) is 0 Å². The Morgan fingerprint density at radius 1 is 1.29 bits per heavy atom. The second-order valence-electron chi connectivity index (χ2n) is 6.93. The van der Waals surface area contributed by atoms with Gasteiger partial charge >= 0.3 is 5.97 Å². The Kier molecular flexibility index (Phi) is 3.71. The molecule has 0 bridgehead atoms. The van der Waals surface area contributed by atoms with E-state index in [1.807, 2.05) is 6.92 Å². The van der Waals surface area contributed by atoms with Crippen LogP contribution in [0, 0.1) is 12.3 Å². The first-order valence-electron chi connectivity index (χ1n) is 8.35. The highest BCUT2D eigenvalue weighted by atomic mass is 32.2. The van der Waals surface area contributed by atoms with Gasteiger partial charge in [0.1, 0.15) is 11.5 Å². The van der Waals surface area contributed by atoms with Crippen molar-refractivity contribution in [3.05, 3.63) is 29.8 Å². The highest BCUT2D eigenvalue weighted by molar-refractivity contribution is 7.86. The molecule has 0 N–H and O–H groups in total. The maximum Gasteiger partial charge on any atom is 0.316 e. The van der Waals surface area contributed by atoms with Gasteiger partial charge < -0.3 is 4.74 Å². The predicted molar refractivity (Wildman–Crippen MR) is 85.8 cm³/mol. The van der Waals surface area contributed by atoms with Crippen LogP contribution in [0.5, 0.6) is 0 Å². The van der Waals surface area contributed by atoms with Crippen LogP contribution in [-0.4, -0.2) is 51.1 Å². The van der Waals surface area contributed by atoms with Gasteiger partial charge in [0.05, 0.1) is 11.5 Å². The molecule has 3 saturated heterocycles. The summed E-state index contributed by atoms with van der Waals surface area (Å²) in [4.78, 5) is 14.8. The van der Waals surface area contributed by atoms with Crippen LogP contribution in [0.3, 0.4) is 0 Å². The molecule has 0 unspecified atom stereocenters. The van der Waals surface area contributed by atoms with Crippen molar-refractivity contribution in [1.82, 2.24) is 4.90 Å². The Hall–Kier alpha value is -1.44. The van der Waals surface area contributed by atoms with Gasteiger partial charge in [-0.15, -0.1) is 0 Å². The first kappa shape index (κ1) is 16.1. The summed E-state index contributed by atoms with van der Waals surface area (Å²) in [6.45, 7) is 3.58. The van der Waals surface area contributed by atoms with Crippen molar-refractivity contribution in [3.8, 4) is 0 Å². The Bertz CT molecular complexity index is 760. The molecule has 0 amide bonds. The van der Waals surface area contributed by atoms with E-state index >= 15 is 0 Å². The first-order valence-corrected chi connectivity index (χ1v) is 9.75. The molecule has 3 aliphatic heterocycles. The highest BCUT2D eigenvalue weighted by Gasteiger charge is 2.64. The Morgan fingerprint density at radius 3 is 2.71 bits per heavy atom. The molecule has 6 nitrogen and oxygen atoms in total. The van der Waals surface area contributed by atoms with E-state index in [0.29, 0.717) is 19.6 Å². The molecule has 7 heteroatoms. The molecule has 1 aromatic carbocycles. The number of fused-ring (bicyclic) bond motifs is 2. The summed E-state index contributed by atoms with van der Waals surface area (Å²) in [5, 5.41) is 0. The van der Waals surface area contributed by atoms with Gasteiger partial charge in [-0.2, -0.15) is 8.42 Å². The zero-order valence-corrected chi connectivity index (χ0v) is 14.4. The fourth-order valence-corrected chi connectivity index (χ4v) is 5.51. The number of hydrogen-bond acceptors (Lipinski definition) is 6. The van der Waals surface area contributed by atoms with E-state index in [-0.39, 0.29) is 16.9 Å². The number of carbonyl (C=O) groups is 1. The average molecular weight is 351 g/mol. The van der Waals surface area contributed by atoms with Crippen LogP contribution in [-0.2, 0) is 23.8 Å². The van der Waals surface area contributed by atoms with E-state index in [0.717, 1.165) is 24.9 Å². The second kappa shape index (κ2) is 5.54. The average Bonchev–Trinajstić information content (AvgIpc) is 3.19. The summed E-state index contributed by atoms with van der Waals surface area (Å²) in [6, 6.07) is 6.59. The molecule has 1 spiro atoms. The molecule has 0 saturated carbocycles. The second-order valence-corrected chi connectivity index (χ2v) is 8.50. The molecule has 4 rings (SSSR count). The van der Waals surface area contributed by atoms with Crippen molar-refractivity contribution >= 4 is 16.1 Å². The van der Waals surface area contributed by atoms with Crippen LogP contribution in [0.2, 0.25) is 0 Å². The van der Waals surface area contributed by atoms with Crippen LogP contribution in [0.25, 0.3) is 0 Å². The largest absolute Gasteiger partial charge is 0.465 e. The number of ether oxygens (including phenoxy) is 1. The molecule has 3 heterocycles. The van der Waals surface area contributed by atoms with Crippen LogP contribution >= 0.6 is 0 Å². The third-order valence-corrected chi connectivity index (χ3v) is 6.95. The SMILES string of the molecule is Cc1ccc(S(=O)(=O)O[C@H]2CN3CCC[C@H]3[C@]23CCOC3=O)cc1. The number of cyclic esters (lactones) is 1. The van der Waals surface area contributed by atoms with Crippen molar-refractivity contribution in [2.75, 3.05) is 19.7 Å². The molecule has 0 radical (unpaired) electrons. The van der Waals surface area contributed by atoms with Crippen LogP contribution < -0.4 is 0 Å². The molecule has 0 aromatic heterocycles. The van der Waals surface area contributed by atoms with E-state index in [4.69, 9.17) is 8.92 Å². The molecule has 24 heavy (non-hydrogen) atoms. The third kappa shape index (κ3) is 2.29. The monoisotopic (exact) mass is 351 g/mol. The first-order chi connectivity index (χ1) is 11.4. The topological polar surface area (TPSA) is 72.9 Å². The van der Waals surface area contributed by atoms with E-state index in [9.17, 15) is 13.2 Å². The molecule has 1 aromatic rings. The third-order valence-electron chi connectivity index (χ3n) is 5.61. The number of benzene rings is 1. The predicted octanol–water partition coefficient (Wildman–Crippen LogP) is 1.48. The summed E-state index contributed by atoms with van der Waals surface area (Å²) in [5.74, 6) is -0.305. The lowest BCUT2D eigenvalue weighted by molar-refractivity contribution is -0.150. The number of aryl methyl sites for hydroxylation is 1. The zero-order valence-electron chi connectivity index (χ0n) is 13.6. The number of carbonyl (C=O) groups excluding carboxylic acids is 1. The summed E-state index contributed by atoms with van der Waals surface area (Å²) in [7, 11) is -3.91. The van der Waals surface area contributed by atoms with Gasteiger partial charge in [0.2, 0.25) is 0 Å².